The van der Waals surface area contributed by atoms with Crippen LogP contribution < -0.4 is 14.6 Å². The van der Waals surface area contributed by atoms with Crippen LogP contribution in [0.15, 0.2) is 42.5 Å². The maximum atomic E-state index is 12.0. The second-order valence-electron chi connectivity index (χ2n) is 7.88. The molecule has 3 aromatic rings. The highest BCUT2D eigenvalue weighted by atomic mass is 31.2. The Kier molecular flexibility index (Phi) is 8.28. The van der Waals surface area contributed by atoms with E-state index in [-0.39, 0.29) is 13.0 Å². The molecule has 1 amide bonds. The molecule has 14 heteroatoms. The number of fused-ring (bicyclic) bond motifs is 2. The van der Waals surface area contributed by atoms with E-state index in [0.29, 0.717) is 17.7 Å². The third-order valence-corrected chi connectivity index (χ3v) is 9.39. The zero-order chi connectivity index (χ0) is 25.9. The van der Waals surface area contributed by atoms with Gasteiger partial charge in [-0.25, -0.2) is 4.98 Å². The first kappa shape index (κ1) is 27.2. The van der Waals surface area contributed by atoms with Gasteiger partial charge in [0.05, 0.1) is 6.61 Å². The van der Waals surface area contributed by atoms with Gasteiger partial charge in [-0.05, 0) is 25.5 Å². The monoisotopic (exact) mass is 528 g/mol. The first-order chi connectivity index (χ1) is 16.4. The van der Waals surface area contributed by atoms with Crippen LogP contribution in [0.2, 0.25) is 0 Å². The summed E-state index contributed by atoms with van der Waals surface area (Å²) in [5.74, 6) is 0.0300. The molecule has 0 aliphatic carbocycles. The molecule has 35 heavy (non-hydrogen) atoms. The summed E-state index contributed by atoms with van der Waals surface area (Å²) < 4.78 is 30.7. The molecule has 0 saturated heterocycles. The number of nitrogens with one attached hydrogen (secondary N) is 1. The number of hydrogen-bond acceptors (Lipinski definition) is 6. The maximum absolute atomic E-state index is 12.0. The van der Waals surface area contributed by atoms with Crippen LogP contribution in [0.5, 0.6) is 5.75 Å². The number of aromatic nitrogens is 2. The van der Waals surface area contributed by atoms with Crippen LogP contribution in [0.1, 0.15) is 26.2 Å². The average Bonchev–Trinajstić information content (AvgIpc) is 2.78. The summed E-state index contributed by atoms with van der Waals surface area (Å²) >= 11 is 0. The first-order valence-corrected chi connectivity index (χ1v) is 14.1. The topological polar surface area (TPSA) is 190 Å². The van der Waals surface area contributed by atoms with Crippen molar-refractivity contribution in [3.05, 3.63) is 42.5 Å². The highest BCUT2D eigenvalue weighted by Gasteiger charge is 2.58. The summed E-state index contributed by atoms with van der Waals surface area (Å²) in [6, 6.07) is 13.4. The fourth-order valence-corrected chi connectivity index (χ4v) is 5.83. The lowest BCUT2D eigenvalue weighted by Crippen LogP contribution is -2.35. The van der Waals surface area contributed by atoms with E-state index in [9.17, 15) is 19.0 Å². The van der Waals surface area contributed by atoms with Crippen molar-refractivity contribution < 1.29 is 47.9 Å². The SMILES string of the molecule is CC[n+]1c2ccccc2nc2c(OCCCC(=O)NCCC(O)(P(=O)(O)O)P(=O)(O)O)cccc21. The Hall–Kier alpha value is -2.43. The number of para-hydroxylation sites is 3. The van der Waals surface area contributed by atoms with E-state index < -0.39 is 39.1 Å². The number of amides is 1. The number of aliphatic hydroxyl groups is 1. The fraction of sp³-hybridized carbons (Fsp3) is 0.381. The maximum Gasteiger partial charge on any atom is 0.369 e. The van der Waals surface area contributed by atoms with Gasteiger partial charge in [-0.3, -0.25) is 13.9 Å². The Morgan fingerprint density at radius 1 is 1.06 bits per heavy atom. The van der Waals surface area contributed by atoms with Crippen LogP contribution in [0.3, 0.4) is 0 Å². The summed E-state index contributed by atoms with van der Waals surface area (Å²) in [5.41, 5.74) is 3.42. The van der Waals surface area contributed by atoms with E-state index in [1.165, 1.54) is 0 Å². The molecule has 190 valence electrons. The molecule has 0 saturated carbocycles. The number of carbonyl (C=O) groups is 1. The molecule has 3 rings (SSSR count). The van der Waals surface area contributed by atoms with Crippen molar-refractivity contribution >= 4 is 43.2 Å². The fourth-order valence-electron chi connectivity index (χ4n) is 3.67. The van der Waals surface area contributed by atoms with E-state index in [4.69, 9.17) is 29.3 Å². The number of carbonyl (C=O) groups excluding carboxylic acids is 1. The Labute approximate surface area is 200 Å². The Morgan fingerprint density at radius 3 is 2.37 bits per heavy atom. The van der Waals surface area contributed by atoms with Crippen molar-refractivity contribution in [2.45, 2.75) is 37.8 Å². The van der Waals surface area contributed by atoms with Gasteiger partial charge in [0.15, 0.2) is 11.3 Å². The van der Waals surface area contributed by atoms with Crippen LogP contribution >= 0.6 is 15.2 Å². The van der Waals surface area contributed by atoms with Crippen LogP contribution in [0, 0.1) is 0 Å². The molecule has 0 bridgehead atoms. The molecule has 0 aliphatic rings. The quantitative estimate of drug-likeness (QED) is 0.0917. The molecule has 6 N–H and O–H groups in total. The predicted octanol–water partition coefficient (Wildman–Crippen LogP) is 1.36. The van der Waals surface area contributed by atoms with Gasteiger partial charge in [-0.15, -0.1) is 0 Å². The third kappa shape index (κ3) is 5.87. The Bertz CT molecular complexity index is 1300. The smallest absolute Gasteiger partial charge is 0.369 e. The second-order valence-corrected chi connectivity index (χ2v) is 11.9. The summed E-state index contributed by atoms with van der Waals surface area (Å²) in [6.07, 6.45) is -0.734. The van der Waals surface area contributed by atoms with Crippen molar-refractivity contribution in [2.75, 3.05) is 13.2 Å². The molecule has 0 radical (unpaired) electrons. The van der Waals surface area contributed by atoms with E-state index in [1.54, 1.807) is 6.07 Å². The van der Waals surface area contributed by atoms with Gasteiger partial charge in [0.1, 0.15) is 12.1 Å². The molecule has 2 aromatic carbocycles. The number of ether oxygens (including phenoxy) is 1. The first-order valence-electron chi connectivity index (χ1n) is 10.8. The Balaban J connectivity index is 1.58. The van der Waals surface area contributed by atoms with Gasteiger partial charge in [0, 0.05) is 31.5 Å². The normalized spacial score (nSPS) is 12.7. The standard InChI is InChI=1S/C21H27N3O9P2/c1-2-24-16-8-4-3-7-15(16)23-20-17(24)9-5-10-18(20)33-14-6-11-19(25)22-13-12-21(26,34(27,28)29)35(30,31)32/h3-5,7-10,26H,2,6,11-14H2,1H3,(H4-,22,25,27,28,29,30,31,32)/p+1. The molecule has 0 atom stereocenters. The lowest BCUT2D eigenvalue weighted by Gasteiger charge is -2.29. The minimum absolute atomic E-state index is 0.0136. The van der Waals surface area contributed by atoms with Crippen LogP contribution in [0.4, 0.5) is 0 Å². The number of nitrogens with zero attached hydrogens (tertiary/aromatic N) is 2. The van der Waals surface area contributed by atoms with Crippen molar-refractivity contribution in [3.8, 4) is 5.75 Å². The van der Waals surface area contributed by atoms with Gasteiger partial charge < -0.3 is 34.7 Å². The van der Waals surface area contributed by atoms with E-state index >= 15 is 0 Å². The van der Waals surface area contributed by atoms with Crippen molar-refractivity contribution in [1.29, 1.82) is 0 Å². The van der Waals surface area contributed by atoms with Crippen LogP contribution in [0.25, 0.3) is 22.1 Å². The molecule has 0 unspecified atom stereocenters. The summed E-state index contributed by atoms with van der Waals surface area (Å²) in [4.78, 5) is 53.2. The molecule has 1 heterocycles. The van der Waals surface area contributed by atoms with Gasteiger partial charge in [0.25, 0.3) is 5.08 Å². The number of rotatable bonds is 11. The van der Waals surface area contributed by atoms with Crippen LogP contribution in [-0.2, 0) is 20.5 Å². The molecular weight excluding hydrogens is 500 g/mol. The molecule has 0 spiro atoms. The third-order valence-electron chi connectivity index (χ3n) is 5.51. The highest BCUT2D eigenvalue weighted by Crippen LogP contribution is 2.68. The molecule has 12 nitrogen and oxygen atoms in total. The van der Waals surface area contributed by atoms with Gasteiger partial charge in [-0.2, -0.15) is 4.57 Å². The average molecular weight is 528 g/mol. The molecule has 0 aliphatic heterocycles. The number of hydrogen-bond donors (Lipinski definition) is 6. The molecule has 1 aromatic heterocycles. The van der Waals surface area contributed by atoms with Crippen molar-refractivity contribution in [1.82, 2.24) is 10.3 Å². The zero-order valence-electron chi connectivity index (χ0n) is 18.9. The largest absolute Gasteiger partial charge is 0.491 e. The number of aryl methyl sites for hydroxylation is 1. The second kappa shape index (κ2) is 10.7. The lowest BCUT2D eigenvalue weighted by molar-refractivity contribution is -0.641. The minimum Gasteiger partial charge on any atom is -0.491 e. The minimum atomic E-state index is -5.56. The zero-order valence-corrected chi connectivity index (χ0v) is 20.7. The van der Waals surface area contributed by atoms with Crippen molar-refractivity contribution in [2.24, 2.45) is 0 Å². The van der Waals surface area contributed by atoms with E-state index in [1.807, 2.05) is 43.3 Å². The summed E-state index contributed by atoms with van der Waals surface area (Å²) in [6.45, 7) is 2.42. The number of benzene rings is 2. The van der Waals surface area contributed by atoms with Crippen molar-refractivity contribution in [3.63, 3.8) is 0 Å². The molecular formula is C21H28N3O9P2+. The van der Waals surface area contributed by atoms with Crippen LogP contribution in [-0.4, -0.2) is 53.8 Å². The Morgan fingerprint density at radius 2 is 1.71 bits per heavy atom. The van der Waals surface area contributed by atoms with E-state index in [2.05, 4.69) is 9.88 Å². The lowest BCUT2D eigenvalue weighted by atomic mass is 10.2. The van der Waals surface area contributed by atoms with Gasteiger partial charge in [0.2, 0.25) is 16.9 Å². The van der Waals surface area contributed by atoms with Gasteiger partial charge in [-0.1, -0.05) is 18.2 Å². The van der Waals surface area contributed by atoms with Gasteiger partial charge >= 0.3 is 15.2 Å². The summed E-state index contributed by atoms with van der Waals surface area (Å²) in [7, 11) is -11.1. The highest BCUT2D eigenvalue weighted by molar-refractivity contribution is 7.72. The summed E-state index contributed by atoms with van der Waals surface area (Å²) in [5, 5.41) is 8.55. The van der Waals surface area contributed by atoms with E-state index in [0.717, 1.165) is 23.1 Å². The predicted molar refractivity (Wildman–Crippen MR) is 127 cm³/mol. The molecule has 0 fully saturated rings.